The molecule has 0 spiro atoms. The minimum absolute atomic E-state index is 0.133. The van der Waals surface area contributed by atoms with Gasteiger partial charge in [-0.1, -0.05) is 11.6 Å². The molecule has 0 heterocycles. The van der Waals surface area contributed by atoms with E-state index in [9.17, 15) is 4.39 Å². The zero-order valence-corrected chi connectivity index (χ0v) is 9.20. The van der Waals surface area contributed by atoms with E-state index in [0.29, 0.717) is 17.9 Å². The van der Waals surface area contributed by atoms with Crippen molar-refractivity contribution in [1.29, 1.82) is 0 Å². The lowest BCUT2D eigenvalue weighted by molar-refractivity contribution is 0.401. The van der Waals surface area contributed by atoms with E-state index in [1.807, 2.05) is 7.05 Å². The summed E-state index contributed by atoms with van der Waals surface area (Å²) in [7, 11) is 3.33. The predicted molar refractivity (Wildman–Crippen MR) is 55.5 cm³/mol. The molecule has 0 saturated carbocycles. The van der Waals surface area contributed by atoms with E-state index in [-0.39, 0.29) is 5.02 Å². The molecule has 0 fully saturated rings. The molecular weight excluding hydrogens is 205 g/mol. The number of ether oxygens (including phenoxy) is 1. The average molecular weight is 218 g/mol. The molecule has 1 aromatic carbocycles. The van der Waals surface area contributed by atoms with E-state index in [1.54, 1.807) is 13.0 Å². The summed E-state index contributed by atoms with van der Waals surface area (Å²) in [6.07, 6.45) is 0. The van der Waals surface area contributed by atoms with Crippen molar-refractivity contribution in [2.75, 3.05) is 14.2 Å². The van der Waals surface area contributed by atoms with Gasteiger partial charge in [0.2, 0.25) is 0 Å². The van der Waals surface area contributed by atoms with Gasteiger partial charge in [0.25, 0.3) is 0 Å². The number of halogens is 2. The lowest BCUT2D eigenvalue weighted by atomic mass is 10.1. The molecule has 0 saturated heterocycles. The first-order chi connectivity index (χ1) is 6.61. The highest BCUT2D eigenvalue weighted by Crippen LogP contribution is 2.30. The maximum absolute atomic E-state index is 13.4. The summed E-state index contributed by atoms with van der Waals surface area (Å²) in [6.45, 7) is 2.25. The number of rotatable bonds is 3. The summed E-state index contributed by atoms with van der Waals surface area (Å²) in [4.78, 5) is 0. The Balaban J connectivity index is 3.28. The van der Waals surface area contributed by atoms with Crippen LogP contribution in [0.3, 0.4) is 0 Å². The average Bonchev–Trinajstić information content (AvgIpc) is 2.16. The van der Waals surface area contributed by atoms with Gasteiger partial charge in [0.15, 0.2) is 0 Å². The molecule has 2 nitrogen and oxygen atoms in total. The van der Waals surface area contributed by atoms with Gasteiger partial charge in [-0.3, -0.25) is 0 Å². The highest BCUT2D eigenvalue weighted by molar-refractivity contribution is 6.30. The van der Waals surface area contributed by atoms with E-state index in [0.717, 1.165) is 5.56 Å². The Morgan fingerprint density at radius 3 is 2.71 bits per heavy atom. The number of hydrogen-bond donors (Lipinski definition) is 1. The van der Waals surface area contributed by atoms with Gasteiger partial charge in [0.1, 0.15) is 11.6 Å². The Bertz CT molecular complexity index is 341. The number of nitrogens with one attached hydrogen (secondary N) is 1. The van der Waals surface area contributed by atoms with Gasteiger partial charge in [-0.25, -0.2) is 4.39 Å². The van der Waals surface area contributed by atoms with E-state index in [2.05, 4.69) is 5.32 Å². The summed E-state index contributed by atoms with van der Waals surface area (Å²) in [5, 5.41) is 3.10. The minimum Gasteiger partial charge on any atom is -0.496 e. The van der Waals surface area contributed by atoms with Gasteiger partial charge < -0.3 is 10.1 Å². The summed E-state index contributed by atoms with van der Waals surface area (Å²) in [6, 6.07) is 1.58. The molecule has 0 aliphatic rings. The summed E-state index contributed by atoms with van der Waals surface area (Å²) >= 11 is 5.73. The maximum Gasteiger partial charge on any atom is 0.148 e. The topological polar surface area (TPSA) is 21.3 Å². The predicted octanol–water partition coefficient (Wildman–Crippen LogP) is 2.52. The molecular formula is C10H13ClFNO. The van der Waals surface area contributed by atoms with Crippen molar-refractivity contribution in [2.24, 2.45) is 0 Å². The normalized spacial score (nSPS) is 10.4. The van der Waals surface area contributed by atoms with Crippen LogP contribution in [-0.4, -0.2) is 14.2 Å². The Morgan fingerprint density at radius 2 is 2.21 bits per heavy atom. The van der Waals surface area contributed by atoms with Crippen LogP contribution in [0.5, 0.6) is 5.75 Å². The van der Waals surface area contributed by atoms with Crippen LogP contribution in [0.4, 0.5) is 4.39 Å². The van der Waals surface area contributed by atoms with E-state index < -0.39 is 5.82 Å². The molecule has 0 radical (unpaired) electrons. The van der Waals surface area contributed by atoms with Crippen molar-refractivity contribution in [3.63, 3.8) is 0 Å². The largest absolute Gasteiger partial charge is 0.496 e. The first-order valence-corrected chi connectivity index (χ1v) is 4.65. The Morgan fingerprint density at radius 1 is 1.57 bits per heavy atom. The Kier molecular flexibility index (Phi) is 3.72. The maximum atomic E-state index is 13.4. The van der Waals surface area contributed by atoms with Crippen molar-refractivity contribution in [1.82, 2.24) is 5.32 Å². The molecule has 0 aromatic heterocycles. The third-order valence-corrected chi connectivity index (χ3v) is 2.32. The fourth-order valence-electron chi connectivity index (χ4n) is 1.41. The van der Waals surface area contributed by atoms with Gasteiger partial charge in [0, 0.05) is 17.7 Å². The molecule has 4 heteroatoms. The van der Waals surface area contributed by atoms with Crippen LogP contribution in [0.1, 0.15) is 11.1 Å². The molecule has 78 valence electrons. The van der Waals surface area contributed by atoms with Crippen molar-refractivity contribution >= 4 is 11.6 Å². The zero-order chi connectivity index (χ0) is 10.7. The molecule has 14 heavy (non-hydrogen) atoms. The van der Waals surface area contributed by atoms with Crippen LogP contribution in [0.25, 0.3) is 0 Å². The van der Waals surface area contributed by atoms with Gasteiger partial charge >= 0.3 is 0 Å². The Hall–Kier alpha value is -0.800. The molecule has 1 N–H and O–H groups in total. The number of benzene rings is 1. The SMILES string of the molecule is CNCc1cc(Cl)c(F)c(C)c1OC. The quantitative estimate of drug-likeness (QED) is 0.840. The summed E-state index contributed by atoms with van der Waals surface area (Å²) in [5.41, 5.74) is 1.31. The molecule has 0 bridgehead atoms. The van der Waals surface area contributed by atoms with Gasteiger partial charge in [-0.05, 0) is 20.0 Å². The van der Waals surface area contributed by atoms with Gasteiger partial charge in [-0.2, -0.15) is 0 Å². The van der Waals surface area contributed by atoms with E-state index >= 15 is 0 Å². The number of methoxy groups -OCH3 is 1. The summed E-state index contributed by atoms with van der Waals surface area (Å²) < 4.78 is 18.5. The highest BCUT2D eigenvalue weighted by atomic mass is 35.5. The standard InChI is InChI=1S/C10H13ClFNO/c1-6-9(12)8(11)4-7(5-13-2)10(6)14-3/h4,13H,5H2,1-3H3. The molecule has 0 atom stereocenters. The molecule has 0 amide bonds. The van der Waals surface area contributed by atoms with Crippen LogP contribution in [0.15, 0.2) is 6.07 Å². The third kappa shape index (κ3) is 1.99. The fourth-order valence-corrected chi connectivity index (χ4v) is 1.68. The van der Waals surface area contributed by atoms with Crippen LogP contribution in [0, 0.1) is 12.7 Å². The molecule has 1 aromatic rings. The first kappa shape index (κ1) is 11.3. The second-order valence-electron chi connectivity index (χ2n) is 3.02. The second kappa shape index (κ2) is 4.62. The second-order valence-corrected chi connectivity index (χ2v) is 3.43. The van der Waals surface area contributed by atoms with Crippen LogP contribution < -0.4 is 10.1 Å². The van der Waals surface area contributed by atoms with Crippen LogP contribution in [-0.2, 0) is 6.54 Å². The van der Waals surface area contributed by atoms with Crippen LogP contribution in [0.2, 0.25) is 5.02 Å². The third-order valence-electron chi connectivity index (χ3n) is 2.04. The van der Waals surface area contributed by atoms with Gasteiger partial charge in [0.05, 0.1) is 12.1 Å². The monoisotopic (exact) mass is 217 g/mol. The van der Waals surface area contributed by atoms with Gasteiger partial charge in [-0.15, -0.1) is 0 Å². The minimum atomic E-state index is -0.414. The van der Waals surface area contributed by atoms with Crippen molar-refractivity contribution in [2.45, 2.75) is 13.5 Å². The van der Waals surface area contributed by atoms with E-state index in [1.165, 1.54) is 7.11 Å². The van der Waals surface area contributed by atoms with Crippen molar-refractivity contribution in [3.8, 4) is 5.75 Å². The van der Waals surface area contributed by atoms with E-state index in [4.69, 9.17) is 16.3 Å². The Labute approximate surface area is 88.0 Å². The fraction of sp³-hybridized carbons (Fsp3) is 0.400. The smallest absolute Gasteiger partial charge is 0.148 e. The lowest BCUT2D eigenvalue weighted by Gasteiger charge is -2.12. The molecule has 1 rings (SSSR count). The van der Waals surface area contributed by atoms with Crippen LogP contribution >= 0.6 is 11.6 Å². The molecule has 0 aliphatic heterocycles. The summed E-state index contributed by atoms with van der Waals surface area (Å²) in [5.74, 6) is 0.143. The lowest BCUT2D eigenvalue weighted by Crippen LogP contribution is -2.08. The van der Waals surface area contributed by atoms with Crippen molar-refractivity contribution in [3.05, 3.63) is 28.0 Å². The highest BCUT2D eigenvalue weighted by Gasteiger charge is 2.13. The zero-order valence-electron chi connectivity index (χ0n) is 8.45. The first-order valence-electron chi connectivity index (χ1n) is 4.27. The van der Waals surface area contributed by atoms with Crippen molar-refractivity contribution < 1.29 is 9.13 Å². The molecule has 0 unspecified atom stereocenters. The molecule has 0 aliphatic carbocycles. The number of hydrogen-bond acceptors (Lipinski definition) is 2.